The maximum atomic E-state index is 7.03. The van der Waals surface area contributed by atoms with Crippen LogP contribution in [0.4, 0.5) is 17.1 Å². The molecule has 3 nitrogen and oxygen atoms in total. The Labute approximate surface area is 432 Å². The largest absolute Gasteiger partial charge is 0.455 e. The van der Waals surface area contributed by atoms with Gasteiger partial charge in [0.05, 0.1) is 5.69 Å². The summed E-state index contributed by atoms with van der Waals surface area (Å²) in [4.78, 5) is 2.53. The van der Waals surface area contributed by atoms with E-state index in [4.69, 9.17) is 8.83 Å². The summed E-state index contributed by atoms with van der Waals surface area (Å²) in [5.41, 5.74) is 29.1. The third-order valence-electron chi connectivity index (χ3n) is 17.4. The minimum absolute atomic E-state index is 0.241. The number of benzene rings is 10. The zero-order valence-electron chi connectivity index (χ0n) is 43.2. The normalized spacial score (nSPS) is 15.1. The molecule has 0 fully saturated rings. The second-order valence-corrected chi connectivity index (χ2v) is 22.9. The first-order valence-corrected chi connectivity index (χ1v) is 26.2. The van der Waals surface area contributed by atoms with Crippen molar-refractivity contribution in [1.82, 2.24) is 0 Å². The summed E-state index contributed by atoms with van der Waals surface area (Å²) in [5.74, 6) is 0. The van der Waals surface area contributed by atoms with Gasteiger partial charge in [-0.05, 0) is 135 Å². The number of aryl methyl sites for hydroxylation is 2. The van der Waals surface area contributed by atoms with Crippen molar-refractivity contribution in [2.75, 3.05) is 4.90 Å². The van der Waals surface area contributed by atoms with E-state index >= 15 is 0 Å². The summed E-state index contributed by atoms with van der Waals surface area (Å²) in [5, 5.41) is 4.72. The zero-order valence-corrected chi connectivity index (χ0v) is 43.2. The Morgan fingerprint density at radius 3 is 1.55 bits per heavy atom. The van der Waals surface area contributed by atoms with Crippen molar-refractivity contribution in [3.63, 3.8) is 0 Å². The maximum absolute atomic E-state index is 7.03. The molecule has 74 heavy (non-hydrogen) atoms. The summed E-state index contributed by atoms with van der Waals surface area (Å²) in [6, 6.07) is 69.8. The number of para-hydroxylation sites is 3. The molecule has 2 aromatic heterocycles. The minimum atomic E-state index is -0.352. The van der Waals surface area contributed by atoms with Gasteiger partial charge < -0.3 is 13.7 Å². The lowest BCUT2D eigenvalue weighted by atomic mass is 9.72. The summed E-state index contributed by atoms with van der Waals surface area (Å²) in [6.07, 6.45) is 0. The Morgan fingerprint density at radius 2 is 0.865 bits per heavy atom. The Bertz CT molecular complexity index is 4400. The smallest absolute Gasteiger partial charge is 0.144 e. The van der Waals surface area contributed by atoms with Gasteiger partial charge in [-0.2, -0.15) is 0 Å². The van der Waals surface area contributed by atoms with E-state index in [2.05, 4.69) is 248 Å². The van der Waals surface area contributed by atoms with E-state index in [1.54, 1.807) is 0 Å². The van der Waals surface area contributed by atoms with E-state index in [1.807, 2.05) is 0 Å². The number of nitrogens with zero attached hydrogens (tertiary/aromatic N) is 1. The van der Waals surface area contributed by atoms with Crippen LogP contribution in [0.15, 0.2) is 197 Å². The quantitative estimate of drug-likeness (QED) is 0.172. The van der Waals surface area contributed by atoms with Crippen molar-refractivity contribution in [1.29, 1.82) is 0 Å². The second-order valence-electron chi connectivity index (χ2n) is 22.9. The van der Waals surface area contributed by atoms with Gasteiger partial charge in [0.2, 0.25) is 0 Å². The lowest BCUT2D eigenvalue weighted by Crippen LogP contribution is -2.24. The fraction of sp³-hybridized carbons (Fsp3) is 0.155. The summed E-state index contributed by atoms with van der Waals surface area (Å²) in [7, 11) is 0. The number of anilines is 3. The lowest BCUT2D eigenvalue weighted by Gasteiger charge is -2.32. The number of hydrogen-bond donors (Lipinski definition) is 0. The molecule has 0 bridgehead atoms. The number of hydrogen-bond acceptors (Lipinski definition) is 3. The van der Waals surface area contributed by atoms with Crippen molar-refractivity contribution in [3.05, 3.63) is 233 Å². The van der Waals surface area contributed by atoms with Gasteiger partial charge in [0.1, 0.15) is 22.3 Å². The van der Waals surface area contributed by atoms with Crippen LogP contribution in [0.3, 0.4) is 0 Å². The van der Waals surface area contributed by atoms with Crippen molar-refractivity contribution in [2.24, 2.45) is 0 Å². The molecule has 0 saturated heterocycles. The van der Waals surface area contributed by atoms with Gasteiger partial charge >= 0.3 is 0 Å². The fourth-order valence-electron chi connectivity index (χ4n) is 14.2. The second kappa shape index (κ2) is 14.9. The first-order chi connectivity index (χ1) is 35.8. The summed E-state index contributed by atoms with van der Waals surface area (Å²) < 4.78 is 13.9. The van der Waals surface area contributed by atoms with Crippen molar-refractivity contribution < 1.29 is 8.83 Å². The highest BCUT2D eigenvalue weighted by Gasteiger charge is 2.49. The molecule has 3 aliphatic carbocycles. The molecule has 0 saturated carbocycles. The predicted octanol–water partition coefficient (Wildman–Crippen LogP) is 19.8. The highest BCUT2D eigenvalue weighted by atomic mass is 16.3. The van der Waals surface area contributed by atoms with Crippen molar-refractivity contribution >= 4 is 60.9 Å². The first-order valence-electron chi connectivity index (χ1n) is 26.2. The third-order valence-corrected chi connectivity index (χ3v) is 17.4. The average molecular weight is 954 g/mol. The molecule has 15 rings (SSSR count). The van der Waals surface area contributed by atoms with Crippen LogP contribution in [-0.4, -0.2) is 0 Å². The van der Waals surface area contributed by atoms with E-state index in [0.29, 0.717) is 0 Å². The van der Waals surface area contributed by atoms with Crippen LogP contribution in [0.25, 0.3) is 99.5 Å². The maximum Gasteiger partial charge on any atom is 0.144 e. The summed E-state index contributed by atoms with van der Waals surface area (Å²) >= 11 is 0. The number of rotatable bonds is 5. The topological polar surface area (TPSA) is 29.5 Å². The van der Waals surface area contributed by atoms with Crippen LogP contribution in [0.1, 0.15) is 86.1 Å². The van der Waals surface area contributed by atoms with Crippen LogP contribution in [0.5, 0.6) is 0 Å². The average Bonchev–Trinajstić information content (AvgIpc) is 4.28. The molecular formula is C71H55NO2. The van der Waals surface area contributed by atoms with Gasteiger partial charge in [-0.1, -0.05) is 192 Å². The molecule has 0 atom stereocenters. The molecule has 0 N–H and O–H groups in total. The minimum Gasteiger partial charge on any atom is -0.455 e. The van der Waals surface area contributed by atoms with Gasteiger partial charge in [-0.3, -0.25) is 0 Å². The van der Waals surface area contributed by atoms with E-state index in [-0.39, 0.29) is 16.2 Å². The fourth-order valence-corrected chi connectivity index (χ4v) is 14.2. The van der Waals surface area contributed by atoms with Crippen LogP contribution in [0.2, 0.25) is 0 Å². The number of fused-ring (bicyclic) bond motifs is 19. The molecule has 0 spiro atoms. The van der Waals surface area contributed by atoms with Crippen LogP contribution < -0.4 is 4.90 Å². The molecule has 3 heteroatoms. The highest BCUT2D eigenvalue weighted by molar-refractivity contribution is 6.21. The molecule has 2 heterocycles. The molecule has 3 aliphatic rings. The van der Waals surface area contributed by atoms with Crippen molar-refractivity contribution in [2.45, 2.75) is 71.6 Å². The Morgan fingerprint density at radius 1 is 0.351 bits per heavy atom. The van der Waals surface area contributed by atoms with Gasteiger partial charge in [0.25, 0.3) is 0 Å². The van der Waals surface area contributed by atoms with E-state index in [1.165, 1.54) is 111 Å². The molecule has 10 aromatic carbocycles. The standard InChI is InChI=1S/C71H55NO2/c1-40-34-41(2)36-43(35-40)52-39-56-60(62-50-24-14-18-28-58(50)73-67(52)62)48-32-30-44(37-54(48)69(56,3)4)72(57-27-17-13-22-46(57)42-20-10-9-11-21-42)45-31-33-49-55(38-45)71(7,8)65-61(49)63-51-25-15-19-29-59(51)74-68(63)64-47-23-12-16-26-53(47)70(5,6)66(64)65/h9-39H,1-8H3. The molecule has 0 amide bonds. The Hall–Kier alpha value is -8.40. The number of furan rings is 2. The zero-order chi connectivity index (χ0) is 50.2. The summed E-state index contributed by atoms with van der Waals surface area (Å²) in [6.45, 7) is 18.9. The van der Waals surface area contributed by atoms with Gasteiger partial charge in [-0.15, -0.1) is 0 Å². The van der Waals surface area contributed by atoms with E-state index < -0.39 is 0 Å². The highest BCUT2D eigenvalue weighted by Crippen LogP contribution is 2.64. The van der Waals surface area contributed by atoms with Gasteiger partial charge in [0.15, 0.2) is 0 Å². The molecular weight excluding hydrogens is 899 g/mol. The molecule has 0 radical (unpaired) electrons. The van der Waals surface area contributed by atoms with E-state index in [9.17, 15) is 0 Å². The predicted molar refractivity (Wildman–Crippen MR) is 309 cm³/mol. The van der Waals surface area contributed by atoms with Crippen LogP contribution in [0, 0.1) is 13.8 Å². The Balaban J connectivity index is 0.973. The molecule has 356 valence electrons. The first kappa shape index (κ1) is 43.2. The van der Waals surface area contributed by atoms with Crippen LogP contribution in [-0.2, 0) is 16.2 Å². The molecule has 0 unspecified atom stereocenters. The van der Waals surface area contributed by atoms with E-state index in [0.717, 1.165) is 50.3 Å². The van der Waals surface area contributed by atoms with Gasteiger partial charge in [-0.25, -0.2) is 0 Å². The Kier molecular flexibility index (Phi) is 8.68. The van der Waals surface area contributed by atoms with Crippen molar-refractivity contribution in [3.8, 4) is 55.6 Å². The monoisotopic (exact) mass is 953 g/mol. The lowest BCUT2D eigenvalue weighted by molar-refractivity contribution is 0.600. The molecule has 0 aliphatic heterocycles. The van der Waals surface area contributed by atoms with Gasteiger partial charge in [0, 0.05) is 65.9 Å². The SMILES string of the molecule is Cc1cc(C)cc(-c2cc3c(c4c2oc2ccccc24)-c2ccc(N(c4ccc5c(c4)C(C)(C)c4c6c(c7oc8ccccc8c7c4-5)-c4ccccc4C6(C)C)c4ccccc4-c4ccccc4)cc2C3(C)C)c1. The van der Waals surface area contributed by atoms with Crippen LogP contribution >= 0.6 is 0 Å². The third kappa shape index (κ3) is 5.67. The molecule has 12 aromatic rings.